The highest BCUT2D eigenvalue weighted by Gasteiger charge is 2.25. The lowest BCUT2D eigenvalue weighted by molar-refractivity contribution is -0.389. The molecule has 0 radical (unpaired) electrons. The molecule has 3 aromatic heterocycles. The molecule has 3 heterocycles. The Balaban J connectivity index is 1.65. The van der Waals surface area contributed by atoms with Crippen molar-refractivity contribution in [2.24, 2.45) is 0 Å². The van der Waals surface area contributed by atoms with E-state index in [0.717, 1.165) is 0 Å². The Morgan fingerprint density at radius 1 is 1.34 bits per heavy atom. The van der Waals surface area contributed by atoms with Gasteiger partial charge in [-0.1, -0.05) is 28.8 Å². The highest BCUT2D eigenvalue weighted by Crippen LogP contribution is 2.27. The lowest BCUT2D eigenvalue weighted by atomic mass is 10.1. The number of amides is 1. The van der Waals surface area contributed by atoms with Crippen molar-refractivity contribution in [2.75, 3.05) is 11.9 Å². The van der Waals surface area contributed by atoms with Crippen LogP contribution in [0.1, 0.15) is 27.8 Å². The van der Waals surface area contributed by atoms with Crippen molar-refractivity contribution in [1.82, 2.24) is 24.8 Å². The molecular weight excluding hydrogens is 442 g/mol. The zero-order chi connectivity index (χ0) is 22.8. The Kier molecular flexibility index (Phi) is 5.52. The Labute approximate surface area is 184 Å². The Bertz CT molecular complexity index is 1360. The maximum absolute atomic E-state index is 12.5. The van der Waals surface area contributed by atoms with Crippen molar-refractivity contribution < 1.29 is 19.2 Å². The molecule has 0 spiro atoms. The van der Waals surface area contributed by atoms with Crippen molar-refractivity contribution >= 4 is 40.6 Å². The van der Waals surface area contributed by atoms with Crippen molar-refractivity contribution in [1.29, 1.82) is 0 Å². The molecule has 2 N–H and O–H groups in total. The van der Waals surface area contributed by atoms with Gasteiger partial charge in [-0.3, -0.25) is 4.79 Å². The zero-order valence-corrected chi connectivity index (χ0v) is 17.2. The molecule has 1 amide bonds. The number of nitrogens with zero attached hydrogens (tertiary/aromatic N) is 5. The summed E-state index contributed by atoms with van der Waals surface area (Å²) in [5, 5.41) is 23.1. The first-order chi connectivity index (χ1) is 15.4. The number of fused-ring (bicyclic) bond motifs is 1. The van der Waals surface area contributed by atoms with Gasteiger partial charge in [-0.15, -0.1) is 5.10 Å². The average Bonchev–Trinajstić information content (AvgIpc) is 3.37. The molecule has 0 aliphatic carbocycles. The molecule has 0 bridgehead atoms. The number of nitrogens with one attached hydrogen (secondary N) is 2. The monoisotopic (exact) mass is 455 g/mol. The van der Waals surface area contributed by atoms with Crippen molar-refractivity contribution in [3.05, 3.63) is 69.1 Å². The lowest BCUT2D eigenvalue weighted by Crippen LogP contribution is -2.13. The number of benzene rings is 1. The molecule has 0 aliphatic rings. The van der Waals surface area contributed by atoms with Crippen LogP contribution in [0.3, 0.4) is 0 Å². The van der Waals surface area contributed by atoms with Gasteiger partial charge in [-0.05, 0) is 30.0 Å². The van der Waals surface area contributed by atoms with Gasteiger partial charge in [0.25, 0.3) is 5.91 Å². The number of halogens is 1. The smallest absolute Gasteiger partial charge is 0.362 e. The number of ether oxygens (including phenoxy) is 1. The van der Waals surface area contributed by atoms with E-state index >= 15 is 0 Å². The number of esters is 1. The normalized spacial score (nSPS) is 10.8. The summed E-state index contributed by atoms with van der Waals surface area (Å²) in [6, 6.07) is 8.46. The number of carbonyl (C=O) groups excluding carboxylic acids is 2. The molecular formula is C19H14ClN7O5. The highest BCUT2D eigenvalue weighted by molar-refractivity contribution is 6.35. The summed E-state index contributed by atoms with van der Waals surface area (Å²) >= 11 is 5.87. The fourth-order valence-corrected chi connectivity index (χ4v) is 3.24. The predicted octanol–water partition coefficient (Wildman–Crippen LogP) is 3.11. The number of rotatable bonds is 6. The van der Waals surface area contributed by atoms with Crippen molar-refractivity contribution in [2.45, 2.75) is 6.92 Å². The van der Waals surface area contributed by atoms with Crippen LogP contribution in [-0.2, 0) is 4.74 Å². The first kappa shape index (κ1) is 20.9. The number of anilines is 1. The molecule has 162 valence electrons. The third kappa shape index (κ3) is 3.74. The van der Waals surface area contributed by atoms with Gasteiger partial charge in [0, 0.05) is 17.4 Å². The largest absolute Gasteiger partial charge is 0.462 e. The second kappa shape index (κ2) is 8.43. The van der Waals surface area contributed by atoms with Crippen LogP contribution in [0, 0.1) is 10.1 Å². The summed E-state index contributed by atoms with van der Waals surface area (Å²) < 4.78 is 6.52. The fourth-order valence-electron chi connectivity index (χ4n) is 3.00. The molecule has 0 saturated heterocycles. The number of nitro groups is 1. The van der Waals surface area contributed by atoms with Crippen molar-refractivity contribution in [3.8, 4) is 11.3 Å². The topological polar surface area (TPSA) is 157 Å². The molecule has 12 nitrogen and oxygen atoms in total. The molecule has 4 rings (SSSR count). The third-order valence-corrected chi connectivity index (χ3v) is 4.76. The van der Waals surface area contributed by atoms with E-state index in [4.69, 9.17) is 16.3 Å². The second-order valence-corrected chi connectivity index (χ2v) is 6.75. The molecule has 13 heteroatoms. The number of carbonyl (C=O) groups is 2. The van der Waals surface area contributed by atoms with Crippen LogP contribution in [0.4, 0.5) is 11.5 Å². The van der Waals surface area contributed by atoms with Crippen molar-refractivity contribution in [3.63, 3.8) is 0 Å². The lowest BCUT2D eigenvalue weighted by Gasteiger charge is -2.08. The number of H-pyrrole nitrogens is 1. The molecule has 0 fully saturated rings. The molecule has 0 unspecified atom stereocenters. The number of hydrogen-bond donors (Lipinski definition) is 2. The van der Waals surface area contributed by atoms with Gasteiger partial charge in [0.2, 0.25) is 0 Å². The van der Waals surface area contributed by atoms with Crippen LogP contribution in [0.25, 0.3) is 16.9 Å². The van der Waals surface area contributed by atoms with Gasteiger partial charge < -0.3 is 20.2 Å². The van der Waals surface area contributed by atoms with Crippen LogP contribution in [-0.4, -0.2) is 48.2 Å². The summed E-state index contributed by atoms with van der Waals surface area (Å²) in [7, 11) is 0. The van der Waals surface area contributed by atoms with Crippen LogP contribution in [0.2, 0.25) is 5.02 Å². The van der Waals surface area contributed by atoms with E-state index < -0.39 is 22.6 Å². The zero-order valence-electron chi connectivity index (χ0n) is 16.4. The third-order valence-electron chi connectivity index (χ3n) is 4.40. The predicted molar refractivity (Wildman–Crippen MR) is 113 cm³/mol. The summed E-state index contributed by atoms with van der Waals surface area (Å²) in [5.41, 5.74) is 1.90. The second-order valence-electron chi connectivity index (χ2n) is 6.37. The van der Waals surface area contributed by atoms with Gasteiger partial charge in [-0.2, -0.15) is 5.10 Å². The summed E-state index contributed by atoms with van der Waals surface area (Å²) in [6.45, 7) is 1.93. The van der Waals surface area contributed by atoms with E-state index in [1.807, 2.05) is 0 Å². The van der Waals surface area contributed by atoms with Gasteiger partial charge in [-0.25, -0.2) is 14.3 Å². The van der Waals surface area contributed by atoms with Crippen LogP contribution in [0.15, 0.2) is 42.7 Å². The van der Waals surface area contributed by atoms with E-state index in [1.165, 1.54) is 16.9 Å². The number of aromatic nitrogens is 5. The molecule has 1 aromatic carbocycles. The number of hydrogen-bond acceptors (Lipinski definition) is 8. The minimum Gasteiger partial charge on any atom is -0.462 e. The maximum Gasteiger partial charge on any atom is 0.362 e. The molecule has 4 aromatic rings. The Morgan fingerprint density at radius 3 is 2.88 bits per heavy atom. The van der Waals surface area contributed by atoms with Gasteiger partial charge in [0.1, 0.15) is 5.56 Å². The average molecular weight is 456 g/mol. The molecule has 0 aliphatic heterocycles. The van der Waals surface area contributed by atoms with Crippen LogP contribution < -0.4 is 5.32 Å². The van der Waals surface area contributed by atoms with Crippen LogP contribution >= 0.6 is 11.6 Å². The summed E-state index contributed by atoms with van der Waals surface area (Å²) in [5.74, 6) is -1.82. The SMILES string of the molecule is CCOC(=O)c1cnn2c(-c3cccc(NC(=O)c4n[nH]c([N+](=O)[O-])c4Cl)c3)ccnc12. The Hall–Kier alpha value is -4.32. The van der Waals surface area contributed by atoms with Gasteiger partial charge in [0.05, 0.1) is 18.5 Å². The van der Waals surface area contributed by atoms with Gasteiger partial charge >= 0.3 is 11.8 Å². The molecule has 0 atom stereocenters. The first-order valence-electron chi connectivity index (χ1n) is 9.20. The molecule has 32 heavy (non-hydrogen) atoms. The first-order valence-corrected chi connectivity index (χ1v) is 9.58. The summed E-state index contributed by atoms with van der Waals surface area (Å²) in [4.78, 5) is 38.9. The maximum atomic E-state index is 12.5. The quantitative estimate of drug-likeness (QED) is 0.255. The minimum absolute atomic E-state index is 0.223. The minimum atomic E-state index is -0.768. The van der Waals surface area contributed by atoms with E-state index in [-0.39, 0.29) is 22.9 Å². The van der Waals surface area contributed by atoms with E-state index in [0.29, 0.717) is 22.6 Å². The van der Waals surface area contributed by atoms with Crippen LogP contribution in [0.5, 0.6) is 0 Å². The standard InChI is InChI=1S/C19H14ClN7O5/c1-2-32-19(29)12-9-22-26-13(6-7-21-16(12)26)10-4-3-5-11(8-10)23-18(28)15-14(20)17(25-24-15)27(30)31/h3-9H,2H2,1H3,(H,23,28)(H,24,25). The summed E-state index contributed by atoms with van der Waals surface area (Å²) in [6.07, 6.45) is 2.91. The highest BCUT2D eigenvalue weighted by atomic mass is 35.5. The fraction of sp³-hybridized carbons (Fsp3) is 0.105. The Morgan fingerprint density at radius 2 is 2.16 bits per heavy atom. The van der Waals surface area contributed by atoms with E-state index in [9.17, 15) is 19.7 Å². The van der Waals surface area contributed by atoms with E-state index in [1.54, 1.807) is 37.3 Å². The van der Waals surface area contributed by atoms with E-state index in [2.05, 4.69) is 25.6 Å². The molecule has 0 saturated carbocycles. The van der Waals surface area contributed by atoms with Gasteiger partial charge in [0.15, 0.2) is 16.4 Å². The number of aromatic amines is 1.